The second-order valence-corrected chi connectivity index (χ2v) is 6.39. The van der Waals surface area contributed by atoms with E-state index in [1.165, 1.54) is 11.3 Å². The average molecular weight is 356 g/mol. The smallest absolute Gasteiger partial charge is 0.270 e. The van der Waals surface area contributed by atoms with Gasteiger partial charge in [-0.2, -0.15) is 0 Å². The van der Waals surface area contributed by atoms with Gasteiger partial charge in [-0.05, 0) is 37.1 Å². The zero-order chi connectivity index (χ0) is 17.5. The lowest BCUT2D eigenvalue weighted by Gasteiger charge is -2.04. The van der Waals surface area contributed by atoms with E-state index >= 15 is 0 Å². The number of hydrogen-bond acceptors (Lipinski definition) is 5. The summed E-state index contributed by atoms with van der Waals surface area (Å²) in [7, 11) is 1.64. The Balaban J connectivity index is 1.46. The van der Waals surface area contributed by atoms with Crippen LogP contribution in [0.15, 0.2) is 48.4 Å². The highest BCUT2D eigenvalue weighted by molar-refractivity contribution is 7.13. The fourth-order valence-electron chi connectivity index (χ4n) is 2.38. The molecule has 0 unspecified atom stereocenters. The highest BCUT2D eigenvalue weighted by Crippen LogP contribution is 2.25. The van der Waals surface area contributed by atoms with Crippen LogP contribution in [0.4, 0.5) is 0 Å². The number of carbonyl (C=O) groups is 1. The zero-order valence-corrected chi connectivity index (χ0v) is 14.8. The first-order valence-corrected chi connectivity index (χ1v) is 8.98. The fraction of sp³-hybridized carbons (Fsp3) is 0.278. The quantitative estimate of drug-likeness (QED) is 0.629. The minimum atomic E-state index is -0.126. The standard InChI is InChI=1S/C18H20N4O2S/c1-24-15-6-4-14(5-7-15)18-21-16(12-25-18)17(23)20-8-2-3-10-22-11-9-19-13-22/h4-7,9,11-13H,2-3,8,10H2,1H3,(H,20,23). The van der Waals surface area contributed by atoms with Crippen molar-refractivity contribution in [2.45, 2.75) is 19.4 Å². The molecule has 2 heterocycles. The number of ether oxygens (including phenoxy) is 1. The van der Waals surface area contributed by atoms with Gasteiger partial charge in [0.05, 0.1) is 13.4 Å². The topological polar surface area (TPSA) is 69.0 Å². The maximum absolute atomic E-state index is 12.2. The van der Waals surface area contributed by atoms with Crippen molar-refractivity contribution in [2.75, 3.05) is 13.7 Å². The molecule has 0 saturated carbocycles. The van der Waals surface area contributed by atoms with Gasteiger partial charge in [-0.25, -0.2) is 9.97 Å². The van der Waals surface area contributed by atoms with E-state index in [0.29, 0.717) is 12.2 Å². The van der Waals surface area contributed by atoms with Crippen LogP contribution in [0.3, 0.4) is 0 Å². The van der Waals surface area contributed by atoms with E-state index in [-0.39, 0.29) is 5.91 Å². The molecule has 0 atom stereocenters. The summed E-state index contributed by atoms with van der Waals surface area (Å²) in [6.45, 7) is 1.55. The molecule has 6 nitrogen and oxygen atoms in total. The van der Waals surface area contributed by atoms with Crippen LogP contribution in [0.2, 0.25) is 0 Å². The molecule has 3 aromatic rings. The molecule has 7 heteroatoms. The molecule has 1 aromatic carbocycles. The van der Waals surface area contributed by atoms with Crippen LogP contribution in [-0.4, -0.2) is 34.1 Å². The molecule has 0 spiro atoms. The van der Waals surface area contributed by atoms with Gasteiger partial charge >= 0.3 is 0 Å². The largest absolute Gasteiger partial charge is 0.497 e. The second-order valence-electron chi connectivity index (χ2n) is 5.53. The van der Waals surface area contributed by atoms with Crippen LogP contribution in [0.1, 0.15) is 23.3 Å². The monoisotopic (exact) mass is 356 g/mol. The van der Waals surface area contributed by atoms with Crippen molar-refractivity contribution in [3.8, 4) is 16.3 Å². The van der Waals surface area contributed by atoms with Gasteiger partial charge in [-0.1, -0.05) is 0 Å². The number of rotatable bonds is 8. The lowest BCUT2D eigenvalue weighted by Crippen LogP contribution is -2.24. The van der Waals surface area contributed by atoms with E-state index in [1.54, 1.807) is 25.0 Å². The molecule has 0 fully saturated rings. The van der Waals surface area contributed by atoms with Crippen molar-refractivity contribution >= 4 is 17.2 Å². The first kappa shape index (κ1) is 17.2. The van der Waals surface area contributed by atoms with Gasteiger partial charge in [0.25, 0.3) is 5.91 Å². The van der Waals surface area contributed by atoms with E-state index < -0.39 is 0 Å². The highest BCUT2D eigenvalue weighted by atomic mass is 32.1. The number of carbonyl (C=O) groups excluding carboxylic acids is 1. The number of unbranched alkanes of at least 4 members (excludes halogenated alkanes) is 1. The zero-order valence-electron chi connectivity index (χ0n) is 14.0. The average Bonchev–Trinajstić information content (AvgIpc) is 3.33. The number of benzene rings is 1. The minimum Gasteiger partial charge on any atom is -0.497 e. The van der Waals surface area contributed by atoms with Crippen molar-refractivity contribution in [3.63, 3.8) is 0 Å². The first-order valence-electron chi connectivity index (χ1n) is 8.10. The fourth-order valence-corrected chi connectivity index (χ4v) is 3.18. The van der Waals surface area contributed by atoms with Crippen molar-refractivity contribution in [1.29, 1.82) is 0 Å². The third-order valence-electron chi connectivity index (χ3n) is 3.76. The number of methoxy groups -OCH3 is 1. The van der Waals surface area contributed by atoms with Crippen LogP contribution in [0, 0.1) is 0 Å². The van der Waals surface area contributed by atoms with E-state index in [1.807, 2.05) is 35.0 Å². The van der Waals surface area contributed by atoms with E-state index in [4.69, 9.17) is 4.74 Å². The molecule has 3 rings (SSSR count). The lowest BCUT2D eigenvalue weighted by atomic mass is 10.2. The number of nitrogens with zero attached hydrogens (tertiary/aromatic N) is 3. The molecule has 0 aliphatic carbocycles. The van der Waals surface area contributed by atoms with Gasteiger partial charge < -0.3 is 14.6 Å². The van der Waals surface area contributed by atoms with E-state index in [9.17, 15) is 4.79 Å². The summed E-state index contributed by atoms with van der Waals surface area (Å²) >= 11 is 1.46. The second kappa shape index (κ2) is 8.43. The predicted octanol–water partition coefficient (Wildman–Crippen LogP) is 3.23. The molecule has 25 heavy (non-hydrogen) atoms. The number of imidazole rings is 1. The first-order chi connectivity index (χ1) is 12.3. The van der Waals surface area contributed by atoms with Crippen LogP contribution in [0.25, 0.3) is 10.6 Å². The molecule has 0 aliphatic rings. The molecular weight excluding hydrogens is 336 g/mol. The Morgan fingerprint density at radius 3 is 2.84 bits per heavy atom. The SMILES string of the molecule is COc1ccc(-c2nc(C(=O)NCCCCn3ccnc3)cs2)cc1. The molecule has 2 aromatic heterocycles. The van der Waals surface area contributed by atoms with Gasteiger partial charge in [0.2, 0.25) is 0 Å². The maximum Gasteiger partial charge on any atom is 0.270 e. The summed E-state index contributed by atoms with van der Waals surface area (Å²) in [4.78, 5) is 20.6. The van der Waals surface area contributed by atoms with Gasteiger partial charge in [0.15, 0.2) is 0 Å². The lowest BCUT2D eigenvalue weighted by molar-refractivity contribution is 0.0948. The Bertz CT molecular complexity index is 797. The summed E-state index contributed by atoms with van der Waals surface area (Å²) in [6.07, 6.45) is 7.41. The minimum absolute atomic E-state index is 0.126. The Labute approximate surface area is 150 Å². The molecule has 0 radical (unpaired) electrons. The molecule has 130 valence electrons. The van der Waals surface area contributed by atoms with Crippen molar-refractivity contribution < 1.29 is 9.53 Å². The van der Waals surface area contributed by atoms with Crippen LogP contribution in [0.5, 0.6) is 5.75 Å². The Hall–Kier alpha value is -2.67. The summed E-state index contributed by atoms with van der Waals surface area (Å²) in [5, 5.41) is 5.54. The molecule has 0 saturated heterocycles. The number of amides is 1. The number of hydrogen-bond donors (Lipinski definition) is 1. The van der Waals surface area contributed by atoms with Crippen molar-refractivity contribution in [2.24, 2.45) is 0 Å². The molecule has 0 bridgehead atoms. The summed E-state index contributed by atoms with van der Waals surface area (Å²) in [6, 6.07) is 7.65. The van der Waals surface area contributed by atoms with Crippen LogP contribution >= 0.6 is 11.3 Å². The van der Waals surface area contributed by atoms with Gasteiger partial charge in [-0.15, -0.1) is 11.3 Å². The summed E-state index contributed by atoms with van der Waals surface area (Å²) in [5.41, 5.74) is 1.44. The summed E-state index contributed by atoms with van der Waals surface area (Å²) < 4.78 is 7.18. The third kappa shape index (κ3) is 4.67. The number of aromatic nitrogens is 3. The van der Waals surface area contributed by atoms with Crippen LogP contribution in [-0.2, 0) is 6.54 Å². The predicted molar refractivity (Wildman–Crippen MR) is 97.9 cm³/mol. The van der Waals surface area contributed by atoms with Gasteiger partial charge in [0.1, 0.15) is 16.5 Å². The normalized spacial score (nSPS) is 10.6. The number of aryl methyl sites for hydroxylation is 1. The summed E-state index contributed by atoms with van der Waals surface area (Å²) in [5.74, 6) is 0.674. The Kier molecular flexibility index (Phi) is 5.79. The molecule has 0 aliphatic heterocycles. The molecule has 1 amide bonds. The van der Waals surface area contributed by atoms with Crippen LogP contribution < -0.4 is 10.1 Å². The van der Waals surface area contributed by atoms with Gasteiger partial charge in [0, 0.05) is 36.4 Å². The Morgan fingerprint density at radius 1 is 1.28 bits per heavy atom. The maximum atomic E-state index is 12.2. The third-order valence-corrected chi connectivity index (χ3v) is 4.65. The van der Waals surface area contributed by atoms with E-state index in [2.05, 4.69) is 15.3 Å². The van der Waals surface area contributed by atoms with Crippen molar-refractivity contribution in [1.82, 2.24) is 19.9 Å². The number of thiazole rings is 1. The van der Waals surface area contributed by atoms with Crippen molar-refractivity contribution in [3.05, 3.63) is 54.1 Å². The number of nitrogens with one attached hydrogen (secondary N) is 1. The van der Waals surface area contributed by atoms with Gasteiger partial charge in [-0.3, -0.25) is 4.79 Å². The van der Waals surface area contributed by atoms with E-state index in [0.717, 1.165) is 35.7 Å². The molecule has 1 N–H and O–H groups in total. The Morgan fingerprint density at radius 2 is 2.12 bits per heavy atom. The highest BCUT2D eigenvalue weighted by Gasteiger charge is 2.11. The molecular formula is C18H20N4O2S.